The highest BCUT2D eigenvalue weighted by molar-refractivity contribution is 5.50. The lowest BCUT2D eigenvalue weighted by Crippen LogP contribution is -2.03. The van der Waals surface area contributed by atoms with Crippen molar-refractivity contribution in [2.24, 2.45) is 0 Å². The summed E-state index contributed by atoms with van der Waals surface area (Å²) in [6.45, 7) is 0. The summed E-state index contributed by atoms with van der Waals surface area (Å²) in [6.07, 6.45) is 4.05. The smallest absolute Gasteiger partial charge is 0.120 e. The summed E-state index contributed by atoms with van der Waals surface area (Å²) in [5.41, 5.74) is 1.63. The van der Waals surface area contributed by atoms with Gasteiger partial charge in [-0.25, -0.2) is 0 Å². The molecule has 1 N–H and O–H groups in total. The first-order valence-corrected chi connectivity index (χ1v) is 5.00. The van der Waals surface area contributed by atoms with Crippen molar-refractivity contribution in [3.63, 3.8) is 0 Å². The molecule has 74 valence electrons. The maximum Gasteiger partial charge on any atom is 0.120 e. The van der Waals surface area contributed by atoms with Crippen LogP contribution in [0.2, 0.25) is 0 Å². The number of benzene rings is 1. The van der Waals surface area contributed by atoms with Crippen LogP contribution in [0, 0.1) is 0 Å². The van der Waals surface area contributed by atoms with Gasteiger partial charge in [-0.15, -0.1) is 0 Å². The third-order valence-corrected chi connectivity index (χ3v) is 2.77. The molecule has 0 radical (unpaired) electrons. The Kier molecular flexibility index (Phi) is 2.38. The number of hydrogen-bond acceptors (Lipinski definition) is 2. The van der Waals surface area contributed by atoms with E-state index >= 15 is 0 Å². The number of carbonyl (C=O) groups excluding carboxylic acids is 1. The number of rotatable bonds is 4. The topological polar surface area (TPSA) is 37.3 Å². The zero-order valence-electron chi connectivity index (χ0n) is 8.07. The SMILES string of the molecule is O=CCCc1ccc(C2(O)CC2)cc1. The van der Waals surface area contributed by atoms with Gasteiger partial charge in [0.2, 0.25) is 0 Å². The zero-order chi connectivity index (χ0) is 10.0. The van der Waals surface area contributed by atoms with E-state index in [9.17, 15) is 9.90 Å². The van der Waals surface area contributed by atoms with E-state index in [1.54, 1.807) is 0 Å². The van der Waals surface area contributed by atoms with Crippen LogP contribution in [0.3, 0.4) is 0 Å². The van der Waals surface area contributed by atoms with Gasteiger partial charge in [-0.05, 0) is 30.4 Å². The van der Waals surface area contributed by atoms with Gasteiger partial charge in [0.1, 0.15) is 6.29 Å². The minimum absolute atomic E-state index is 0.539. The summed E-state index contributed by atoms with van der Waals surface area (Å²) in [7, 11) is 0. The van der Waals surface area contributed by atoms with Gasteiger partial charge in [0.15, 0.2) is 0 Å². The molecule has 1 saturated carbocycles. The lowest BCUT2D eigenvalue weighted by molar-refractivity contribution is -0.107. The average molecular weight is 190 g/mol. The number of hydrogen-bond donors (Lipinski definition) is 1. The van der Waals surface area contributed by atoms with E-state index in [4.69, 9.17) is 0 Å². The molecule has 0 saturated heterocycles. The Hall–Kier alpha value is -1.15. The maximum absolute atomic E-state index is 10.2. The second-order valence-corrected chi connectivity index (χ2v) is 3.93. The summed E-state index contributed by atoms with van der Waals surface area (Å²) in [5.74, 6) is 0. The summed E-state index contributed by atoms with van der Waals surface area (Å²) in [4.78, 5) is 10.2. The van der Waals surface area contributed by atoms with Crippen LogP contribution in [0.4, 0.5) is 0 Å². The predicted molar refractivity (Wildman–Crippen MR) is 54.0 cm³/mol. The highest BCUT2D eigenvalue weighted by atomic mass is 16.3. The van der Waals surface area contributed by atoms with Crippen LogP contribution in [0.25, 0.3) is 0 Å². The molecule has 0 heterocycles. The summed E-state index contributed by atoms with van der Waals surface area (Å²) < 4.78 is 0. The van der Waals surface area contributed by atoms with Crippen LogP contribution in [0.15, 0.2) is 24.3 Å². The summed E-state index contributed by atoms with van der Waals surface area (Å²) in [6, 6.07) is 7.92. The van der Waals surface area contributed by atoms with Crippen molar-refractivity contribution in [3.8, 4) is 0 Å². The second kappa shape index (κ2) is 3.54. The van der Waals surface area contributed by atoms with Gasteiger partial charge in [0.05, 0.1) is 5.60 Å². The van der Waals surface area contributed by atoms with Crippen LogP contribution in [0.5, 0.6) is 0 Å². The molecule has 2 rings (SSSR count). The fraction of sp³-hybridized carbons (Fsp3) is 0.417. The van der Waals surface area contributed by atoms with E-state index in [0.717, 1.165) is 36.7 Å². The highest BCUT2D eigenvalue weighted by Gasteiger charge is 2.41. The molecule has 1 aliphatic carbocycles. The molecule has 1 aromatic rings. The van der Waals surface area contributed by atoms with Crippen LogP contribution in [-0.4, -0.2) is 11.4 Å². The monoisotopic (exact) mass is 190 g/mol. The Morgan fingerprint density at radius 1 is 1.29 bits per heavy atom. The molecule has 1 aromatic carbocycles. The first-order chi connectivity index (χ1) is 6.74. The molecule has 2 heteroatoms. The Labute approximate surface area is 83.6 Å². The summed E-state index contributed by atoms with van der Waals surface area (Å²) in [5, 5.41) is 9.81. The Bertz CT molecular complexity index is 323. The van der Waals surface area contributed by atoms with Gasteiger partial charge < -0.3 is 9.90 Å². The molecule has 2 nitrogen and oxygen atoms in total. The Morgan fingerprint density at radius 2 is 1.93 bits per heavy atom. The molecule has 0 atom stereocenters. The van der Waals surface area contributed by atoms with E-state index in [1.807, 2.05) is 24.3 Å². The molecule has 0 amide bonds. The average Bonchev–Trinajstić information content (AvgIpc) is 2.96. The second-order valence-electron chi connectivity index (χ2n) is 3.93. The van der Waals surface area contributed by atoms with E-state index in [0.29, 0.717) is 6.42 Å². The molecule has 1 fully saturated rings. The van der Waals surface area contributed by atoms with Crippen molar-refractivity contribution >= 4 is 6.29 Å². The van der Waals surface area contributed by atoms with Crippen molar-refractivity contribution in [2.45, 2.75) is 31.3 Å². The first kappa shape index (κ1) is 9.41. The molecule has 0 unspecified atom stereocenters. The van der Waals surface area contributed by atoms with Crippen molar-refractivity contribution in [2.75, 3.05) is 0 Å². The highest BCUT2D eigenvalue weighted by Crippen LogP contribution is 2.45. The van der Waals surface area contributed by atoms with Gasteiger partial charge >= 0.3 is 0 Å². The lowest BCUT2D eigenvalue weighted by atomic mass is 10.0. The molecule has 0 spiro atoms. The molecule has 0 aromatic heterocycles. The number of aryl methyl sites for hydroxylation is 1. The van der Waals surface area contributed by atoms with Gasteiger partial charge in [-0.3, -0.25) is 0 Å². The van der Waals surface area contributed by atoms with Crippen LogP contribution in [-0.2, 0) is 16.8 Å². The van der Waals surface area contributed by atoms with Gasteiger partial charge in [-0.2, -0.15) is 0 Å². The predicted octanol–water partition coefficient (Wildman–Crippen LogP) is 1.80. The van der Waals surface area contributed by atoms with E-state index in [1.165, 1.54) is 0 Å². The molecule has 0 bridgehead atoms. The quantitative estimate of drug-likeness (QED) is 0.735. The van der Waals surface area contributed by atoms with Crippen molar-refractivity contribution in [1.82, 2.24) is 0 Å². The van der Waals surface area contributed by atoms with Crippen molar-refractivity contribution in [1.29, 1.82) is 0 Å². The molecule has 1 aliphatic rings. The molecule has 14 heavy (non-hydrogen) atoms. The van der Waals surface area contributed by atoms with Crippen LogP contribution >= 0.6 is 0 Å². The number of aldehydes is 1. The minimum Gasteiger partial charge on any atom is -0.385 e. The Balaban J connectivity index is 2.06. The zero-order valence-corrected chi connectivity index (χ0v) is 8.07. The maximum atomic E-state index is 10.2. The molecular formula is C12H14O2. The normalized spacial score (nSPS) is 17.8. The molecule has 0 aliphatic heterocycles. The summed E-state index contributed by atoms with van der Waals surface area (Å²) >= 11 is 0. The third kappa shape index (κ3) is 1.85. The number of carbonyl (C=O) groups is 1. The number of aliphatic hydroxyl groups is 1. The Morgan fingerprint density at radius 3 is 2.43 bits per heavy atom. The van der Waals surface area contributed by atoms with Crippen LogP contribution < -0.4 is 0 Å². The van der Waals surface area contributed by atoms with Gasteiger partial charge in [0.25, 0.3) is 0 Å². The van der Waals surface area contributed by atoms with Crippen LogP contribution in [0.1, 0.15) is 30.4 Å². The third-order valence-electron chi connectivity index (χ3n) is 2.77. The van der Waals surface area contributed by atoms with E-state index in [-0.39, 0.29) is 0 Å². The minimum atomic E-state index is -0.539. The largest absolute Gasteiger partial charge is 0.385 e. The van der Waals surface area contributed by atoms with E-state index < -0.39 is 5.60 Å². The molecular weight excluding hydrogens is 176 g/mol. The first-order valence-electron chi connectivity index (χ1n) is 5.00. The standard InChI is InChI=1S/C12H14O2/c13-9-1-2-10-3-5-11(6-4-10)12(14)7-8-12/h3-6,9,14H,1-2,7-8H2. The van der Waals surface area contributed by atoms with E-state index in [2.05, 4.69) is 0 Å². The van der Waals surface area contributed by atoms with Gasteiger partial charge in [0, 0.05) is 6.42 Å². The van der Waals surface area contributed by atoms with Crippen molar-refractivity contribution < 1.29 is 9.90 Å². The van der Waals surface area contributed by atoms with Crippen molar-refractivity contribution in [3.05, 3.63) is 35.4 Å². The van der Waals surface area contributed by atoms with Gasteiger partial charge in [-0.1, -0.05) is 24.3 Å². The fourth-order valence-corrected chi connectivity index (χ4v) is 1.61. The lowest BCUT2D eigenvalue weighted by Gasteiger charge is -2.08. The fourth-order valence-electron chi connectivity index (χ4n) is 1.61.